The fraction of sp³-hybridized carbons (Fsp3) is 0. The Morgan fingerprint density at radius 1 is 0.226 bits per heavy atom. The Morgan fingerprint density at radius 3 is 1.43 bits per heavy atom. The molecule has 0 unspecified atom stereocenters. The molecule has 0 aliphatic carbocycles. The molecule has 1 heteroatoms. The van der Waals surface area contributed by atoms with Crippen molar-refractivity contribution in [1.29, 1.82) is 0 Å². The number of fused-ring (bicyclic) bond motifs is 7. The van der Waals surface area contributed by atoms with Gasteiger partial charge in [-0.15, -0.1) is 0 Å². The Balaban J connectivity index is 1.11. The summed E-state index contributed by atoms with van der Waals surface area (Å²) in [5.74, 6) is 0. The molecule has 0 atom stereocenters. The topological polar surface area (TPSA) is 3.24 Å². The van der Waals surface area contributed by atoms with Gasteiger partial charge in [-0.25, -0.2) is 0 Å². The number of hydrogen-bond donors (Lipinski definition) is 0. The first-order valence-electron chi connectivity index (χ1n) is 18.3. The molecule has 0 amide bonds. The van der Waals surface area contributed by atoms with Crippen LogP contribution in [0.3, 0.4) is 0 Å². The number of hydrogen-bond acceptors (Lipinski definition) is 1. The lowest BCUT2D eigenvalue weighted by Crippen LogP contribution is -2.10. The minimum absolute atomic E-state index is 1.11. The minimum atomic E-state index is 1.11. The minimum Gasteiger partial charge on any atom is -0.310 e. The predicted molar refractivity (Wildman–Crippen MR) is 227 cm³/mol. The molecule has 0 bridgehead atoms. The van der Waals surface area contributed by atoms with Gasteiger partial charge in [-0.2, -0.15) is 0 Å². The molecule has 248 valence electrons. The van der Waals surface area contributed by atoms with Crippen molar-refractivity contribution in [2.75, 3.05) is 4.90 Å². The Morgan fingerprint density at radius 2 is 0.698 bits per heavy atom. The van der Waals surface area contributed by atoms with Gasteiger partial charge in [0.15, 0.2) is 0 Å². The third-order valence-electron chi connectivity index (χ3n) is 10.6. The van der Waals surface area contributed by atoms with Gasteiger partial charge < -0.3 is 4.90 Å². The van der Waals surface area contributed by atoms with E-state index in [1.54, 1.807) is 0 Å². The van der Waals surface area contributed by atoms with E-state index < -0.39 is 0 Å². The van der Waals surface area contributed by atoms with Crippen LogP contribution < -0.4 is 4.90 Å². The van der Waals surface area contributed by atoms with E-state index in [-0.39, 0.29) is 0 Å². The summed E-state index contributed by atoms with van der Waals surface area (Å²) in [5.41, 5.74) is 10.6. The van der Waals surface area contributed by atoms with Crippen molar-refractivity contribution in [1.82, 2.24) is 0 Å². The van der Waals surface area contributed by atoms with Crippen molar-refractivity contribution in [2.24, 2.45) is 0 Å². The molecule has 0 aliphatic heterocycles. The van der Waals surface area contributed by atoms with Crippen molar-refractivity contribution < 1.29 is 0 Å². The van der Waals surface area contributed by atoms with Gasteiger partial charge in [0, 0.05) is 17.1 Å². The SMILES string of the molecule is c1ccc(-c2cccc(N(c3ccc(-c4cccc(-c5cccc6ccccc56)c4)cc3)c3ccc4c5ccccc5c5ccccc5c4c3)c2)cc1. The molecule has 0 saturated carbocycles. The summed E-state index contributed by atoms with van der Waals surface area (Å²) in [6.07, 6.45) is 0. The molecule has 0 N–H and O–H groups in total. The fourth-order valence-corrected chi connectivity index (χ4v) is 8.08. The van der Waals surface area contributed by atoms with E-state index in [1.807, 2.05) is 0 Å². The van der Waals surface area contributed by atoms with Gasteiger partial charge in [0.1, 0.15) is 0 Å². The molecule has 10 aromatic carbocycles. The van der Waals surface area contributed by atoms with Crippen LogP contribution in [-0.2, 0) is 0 Å². The third kappa shape index (κ3) is 5.51. The average Bonchev–Trinajstić information content (AvgIpc) is 3.24. The van der Waals surface area contributed by atoms with Gasteiger partial charge in [0.05, 0.1) is 0 Å². The summed E-state index contributed by atoms with van der Waals surface area (Å²) in [7, 11) is 0. The second kappa shape index (κ2) is 13.0. The van der Waals surface area contributed by atoms with E-state index in [2.05, 4.69) is 217 Å². The van der Waals surface area contributed by atoms with Gasteiger partial charge >= 0.3 is 0 Å². The quantitative estimate of drug-likeness (QED) is 0.159. The summed E-state index contributed by atoms with van der Waals surface area (Å²) in [5, 5.41) is 10.2. The normalized spacial score (nSPS) is 11.4. The van der Waals surface area contributed by atoms with E-state index in [9.17, 15) is 0 Å². The second-order valence-corrected chi connectivity index (χ2v) is 13.7. The van der Waals surface area contributed by atoms with Crippen LogP contribution in [0.15, 0.2) is 212 Å². The molecule has 0 radical (unpaired) electrons. The maximum absolute atomic E-state index is 2.39. The van der Waals surface area contributed by atoms with Gasteiger partial charge in [-0.3, -0.25) is 0 Å². The lowest BCUT2D eigenvalue weighted by atomic mass is 9.94. The second-order valence-electron chi connectivity index (χ2n) is 13.7. The van der Waals surface area contributed by atoms with Gasteiger partial charge in [-0.05, 0) is 119 Å². The van der Waals surface area contributed by atoms with Crippen molar-refractivity contribution in [2.45, 2.75) is 0 Å². The first-order valence-corrected chi connectivity index (χ1v) is 18.3. The van der Waals surface area contributed by atoms with E-state index in [0.29, 0.717) is 0 Å². The lowest BCUT2D eigenvalue weighted by molar-refractivity contribution is 1.29. The molecular formula is C52H35N. The number of rotatable bonds is 6. The van der Waals surface area contributed by atoms with Crippen LogP contribution in [0.25, 0.3) is 76.5 Å². The van der Waals surface area contributed by atoms with Crippen LogP contribution in [0, 0.1) is 0 Å². The highest BCUT2D eigenvalue weighted by molar-refractivity contribution is 6.25. The van der Waals surface area contributed by atoms with Crippen molar-refractivity contribution >= 4 is 60.2 Å². The van der Waals surface area contributed by atoms with Crippen LogP contribution in [0.2, 0.25) is 0 Å². The van der Waals surface area contributed by atoms with Crippen LogP contribution in [0.4, 0.5) is 17.1 Å². The molecule has 10 rings (SSSR count). The van der Waals surface area contributed by atoms with Crippen molar-refractivity contribution in [3.63, 3.8) is 0 Å². The van der Waals surface area contributed by atoms with Gasteiger partial charge in [0.25, 0.3) is 0 Å². The predicted octanol–water partition coefficient (Wildman–Crippen LogP) is 14.8. The third-order valence-corrected chi connectivity index (χ3v) is 10.6. The molecule has 0 fully saturated rings. The van der Waals surface area contributed by atoms with Crippen LogP contribution >= 0.6 is 0 Å². The Hall–Kier alpha value is -6.96. The Bertz CT molecular complexity index is 2900. The highest BCUT2D eigenvalue weighted by Gasteiger charge is 2.17. The molecule has 53 heavy (non-hydrogen) atoms. The van der Waals surface area contributed by atoms with Gasteiger partial charge in [-0.1, -0.05) is 170 Å². The summed E-state index contributed by atoms with van der Waals surface area (Å²) in [6.45, 7) is 0. The maximum Gasteiger partial charge on any atom is 0.0468 e. The molecular weight excluding hydrogens is 639 g/mol. The standard InChI is InChI=1S/C52H35N/c1-2-13-36(14-3-1)40-18-11-20-43(34-40)53(44-31-32-51-49-24-7-6-22-47(49)48-23-8-9-25-50(48)52(51)35-44)42-29-27-37(28-30-42)39-17-10-19-41(33-39)46-26-12-16-38-15-4-5-21-45(38)46/h1-35H. The number of benzene rings is 10. The monoisotopic (exact) mass is 673 g/mol. The number of anilines is 3. The Labute approximate surface area is 309 Å². The van der Waals surface area contributed by atoms with Crippen LogP contribution in [-0.4, -0.2) is 0 Å². The molecule has 0 spiro atoms. The van der Waals surface area contributed by atoms with Crippen molar-refractivity contribution in [3.8, 4) is 33.4 Å². The smallest absolute Gasteiger partial charge is 0.0468 e. The van der Waals surface area contributed by atoms with E-state index in [4.69, 9.17) is 0 Å². The highest BCUT2D eigenvalue weighted by atomic mass is 15.1. The summed E-state index contributed by atoms with van der Waals surface area (Å²) in [6, 6.07) is 77.2. The average molecular weight is 674 g/mol. The lowest BCUT2D eigenvalue weighted by Gasteiger charge is -2.27. The molecule has 0 heterocycles. The summed E-state index contributed by atoms with van der Waals surface area (Å²) < 4.78 is 0. The van der Waals surface area contributed by atoms with E-state index in [1.165, 1.54) is 76.5 Å². The van der Waals surface area contributed by atoms with Crippen molar-refractivity contribution in [3.05, 3.63) is 212 Å². The van der Waals surface area contributed by atoms with E-state index >= 15 is 0 Å². The molecule has 0 aromatic heterocycles. The first-order chi connectivity index (χ1) is 26.3. The maximum atomic E-state index is 2.39. The Kier molecular flexibility index (Phi) is 7.55. The number of nitrogens with zero attached hydrogens (tertiary/aromatic N) is 1. The fourth-order valence-electron chi connectivity index (χ4n) is 8.08. The summed E-state index contributed by atoms with van der Waals surface area (Å²) in [4.78, 5) is 2.39. The van der Waals surface area contributed by atoms with Crippen LogP contribution in [0.5, 0.6) is 0 Å². The molecule has 0 saturated heterocycles. The molecule has 1 nitrogen and oxygen atoms in total. The van der Waals surface area contributed by atoms with Gasteiger partial charge in [0.2, 0.25) is 0 Å². The summed E-state index contributed by atoms with van der Waals surface area (Å²) >= 11 is 0. The van der Waals surface area contributed by atoms with Crippen LogP contribution in [0.1, 0.15) is 0 Å². The zero-order chi connectivity index (χ0) is 35.1. The molecule has 10 aromatic rings. The zero-order valence-electron chi connectivity index (χ0n) is 29.2. The first kappa shape index (κ1) is 30.8. The molecule has 0 aliphatic rings. The largest absolute Gasteiger partial charge is 0.310 e. The highest BCUT2D eigenvalue weighted by Crippen LogP contribution is 2.42. The van der Waals surface area contributed by atoms with E-state index in [0.717, 1.165) is 17.1 Å². The zero-order valence-corrected chi connectivity index (χ0v) is 29.2.